The molecule has 0 unspecified atom stereocenters. The highest BCUT2D eigenvalue weighted by molar-refractivity contribution is 6.13. The Morgan fingerprint density at radius 2 is 1.83 bits per heavy atom. The quantitative estimate of drug-likeness (QED) is 0.436. The fourth-order valence-corrected chi connectivity index (χ4v) is 2.52. The first kappa shape index (κ1) is 15.4. The molecule has 0 aliphatic carbocycles. The number of nitro groups is 1. The normalized spacial score (nSPS) is 10.5. The molecule has 1 heterocycles. The first-order valence-corrected chi connectivity index (χ1v) is 7.15. The number of aromatic amines is 1. The lowest BCUT2D eigenvalue weighted by Crippen LogP contribution is -2.08. The lowest BCUT2D eigenvalue weighted by atomic mass is 10.1. The molecule has 0 aliphatic heterocycles. The molecule has 2 aromatic carbocycles. The summed E-state index contributed by atoms with van der Waals surface area (Å²) in [6.07, 6.45) is 0. The van der Waals surface area contributed by atoms with E-state index in [2.05, 4.69) is 10.3 Å². The van der Waals surface area contributed by atoms with Crippen molar-refractivity contribution in [1.82, 2.24) is 4.98 Å². The van der Waals surface area contributed by atoms with Gasteiger partial charge in [0.05, 0.1) is 10.6 Å². The molecule has 3 aromatic rings. The monoisotopic (exact) mass is 323 g/mol. The van der Waals surface area contributed by atoms with Crippen LogP contribution in [0.25, 0.3) is 10.9 Å². The molecule has 7 nitrogen and oxygen atoms in total. The van der Waals surface area contributed by atoms with Crippen LogP contribution < -0.4 is 5.32 Å². The van der Waals surface area contributed by atoms with Crippen LogP contribution in [0.5, 0.6) is 0 Å². The van der Waals surface area contributed by atoms with Crippen LogP contribution in [0.1, 0.15) is 23.0 Å². The van der Waals surface area contributed by atoms with Crippen molar-refractivity contribution in [2.75, 3.05) is 5.32 Å². The van der Waals surface area contributed by atoms with Gasteiger partial charge in [-0.2, -0.15) is 0 Å². The predicted molar refractivity (Wildman–Crippen MR) is 89.1 cm³/mol. The molecule has 0 atom stereocenters. The van der Waals surface area contributed by atoms with Gasteiger partial charge in [-0.15, -0.1) is 0 Å². The number of fused-ring (bicyclic) bond motifs is 1. The molecule has 0 fully saturated rings. The minimum absolute atomic E-state index is 0.0772. The van der Waals surface area contributed by atoms with E-state index < -0.39 is 10.8 Å². The number of benzene rings is 2. The Balaban J connectivity index is 2.15. The maximum absolute atomic E-state index is 12.5. The van der Waals surface area contributed by atoms with Crippen LogP contribution in [0.3, 0.4) is 0 Å². The summed E-state index contributed by atoms with van der Waals surface area (Å²) in [5.41, 5.74) is 1.18. The van der Waals surface area contributed by atoms with E-state index >= 15 is 0 Å². The average Bonchev–Trinajstić information content (AvgIpc) is 2.99. The molecule has 7 heteroatoms. The topological polar surface area (TPSA) is 105 Å². The summed E-state index contributed by atoms with van der Waals surface area (Å²) in [5.74, 6) is -0.661. The fourth-order valence-electron chi connectivity index (χ4n) is 2.52. The van der Waals surface area contributed by atoms with Crippen molar-refractivity contribution in [3.63, 3.8) is 0 Å². The Hall–Kier alpha value is -3.48. The molecular formula is C17H13N3O4. The summed E-state index contributed by atoms with van der Waals surface area (Å²) >= 11 is 0. The van der Waals surface area contributed by atoms with Gasteiger partial charge in [0.1, 0.15) is 5.69 Å². The summed E-state index contributed by atoms with van der Waals surface area (Å²) in [4.78, 5) is 37.5. The van der Waals surface area contributed by atoms with Crippen molar-refractivity contribution in [1.29, 1.82) is 0 Å². The third kappa shape index (κ3) is 2.74. The first-order valence-electron chi connectivity index (χ1n) is 7.15. The Kier molecular flexibility index (Phi) is 3.83. The SMILES string of the molecule is CC(=O)Nc1c([N+](=O)[O-])ccc2[nH]c(C(=O)c3ccccc3)cc12. The van der Waals surface area contributed by atoms with Crippen LogP contribution in [-0.4, -0.2) is 21.6 Å². The van der Waals surface area contributed by atoms with Gasteiger partial charge in [0, 0.05) is 29.5 Å². The second-order valence-corrected chi connectivity index (χ2v) is 5.24. The molecule has 120 valence electrons. The maximum Gasteiger partial charge on any atom is 0.293 e. The number of aromatic nitrogens is 1. The Bertz CT molecular complexity index is 961. The molecule has 1 aromatic heterocycles. The highest BCUT2D eigenvalue weighted by Crippen LogP contribution is 2.34. The molecule has 24 heavy (non-hydrogen) atoms. The average molecular weight is 323 g/mol. The van der Waals surface area contributed by atoms with Crippen LogP contribution >= 0.6 is 0 Å². The molecule has 0 spiro atoms. The van der Waals surface area contributed by atoms with Gasteiger partial charge >= 0.3 is 0 Å². The number of nitro benzene ring substituents is 1. The minimum Gasteiger partial charge on any atom is -0.352 e. The van der Waals surface area contributed by atoms with Crippen molar-refractivity contribution in [3.05, 3.63) is 69.9 Å². The Morgan fingerprint density at radius 3 is 2.46 bits per heavy atom. The van der Waals surface area contributed by atoms with Gasteiger partial charge in [-0.25, -0.2) is 0 Å². The second kappa shape index (κ2) is 5.96. The largest absolute Gasteiger partial charge is 0.352 e. The van der Waals surface area contributed by atoms with E-state index in [4.69, 9.17) is 0 Å². The highest BCUT2D eigenvalue weighted by atomic mass is 16.6. The molecule has 0 saturated carbocycles. The van der Waals surface area contributed by atoms with Crippen LogP contribution in [-0.2, 0) is 4.79 Å². The smallest absolute Gasteiger partial charge is 0.293 e. The Morgan fingerprint density at radius 1 is 1.12 bits per heavy atom. The van der Waals surface area contributed by atoms with Crippen molar-refractivity contribution in [2.24, 2.45) is 0 Å². The molecular weight excluding hydrogens is 310 g/mol. The van der Waals surface area contributed by atoms with Crippen molar-refractivity contribution < 1.29 is 14.5 Å². The van der Waals surface area contributed by atoms with Crippen LogP contribution in [0, 0.1) is 10.1 Å². The number of hydrogen-bond donors (Lipinski definition) is 2. The number of hydrogen-bond acceptors (Lipinski definition) is 4. The van der Waals surface area contributed by atoms with E-state index in [1.165, 1.54) is 25.1 Å². The number of carbonyl (C=O) groups excluding carboxylic acids is 2. The molecule has 1 amide bonds. The van der Waals surface area contributed by atoms with Crippen LogP contribution in [0.4, 0.5) is 11.4 Å². The molecule has 3 rings (SSSR count). The number of anilines is 1. The van der Waals surface area contributed by atoms with Gasteiger partial charge in [0.2, 0.25) is 11.7 Å². The number of nitrogens with one attached hydrogen (secondary N) is 2. The maximum atomic E-state index is 12.5. The zero-order chi connectivity index (χ0) is 17.3. The zero-order valence-electron chi connectivity index (χ0n) is 12.7. The summed E-state index contributed by atoms with van der Waals surface area (Å²) < 4.78 is 0. The van der Waals surface area contributed by atoms with Crippen molar-refractivity contribution >= 4 is 34.0 Å². The number of ketones is 1. The fraction of sp³-hybridized carbons (Fsp3) is 0.0588. The lowest BCUT2D eigenvalue weighted by molar-refractivity contribution is -0.383. The van der Waals surface area contributed by atoms with Crippen LogP contribution in [0.2, 0.25) is 0 Å². The van der Waals surface area contributed by atoms with E-state index in [-0.39, 0.29) is 17.2 Å². The summed E-state index contributed by atoms with van der Waals surface area (Å²) in [7, 11) is 0. The van der Waals surface area contributed by atoms with E-state index in [1.807, 2.05) is 0 Å². The van der Waals surface area contributed by atoms with Gasteiger partial charge < -0.3 is 10.3 Å². The van der Waals surface area contributed by atoms with E-state index in [1.54, 1.807) is 30.3 Å². The van der Waals surface area contributed by atoms with Crippen LogP contribution in [0.15, 0.2) is 48.5 Å². The third-order valence-electron chi connectivity index (χ3n) is 3.56. The van der Waals surface area contributed by atoms with Crippen molar-refractivity contribution in [3.8, 4) is 0 Å². The number of carbonyl (C=O) groups is 2. The predicted octanol–water partition coefficient (Wildman–Crippen LogP) is 3.27. The number of amides is 1. The molecule has 0 aliphatic rings. The lowest BCUT2D eigenvalue weighted by Gasteiger charge is -2.04. The molecule has 0 bridgehead atoms. The number of nitrogens with zero attached hydrogens (tertiary/aromatic N) is 1. The third-order valence-corrected chi connectivity index (χ3v) is 3.56. The number of H-pyrrole nitrogens is 1. The molecule has 0 saturated heterocycles. The number of rotatable bonds is 4. The highest BCUT2D eigenvalue weighted by Gasteiger charge is 2.21. The molecule has 2 N–H and O–H groups in total. The van der Waals surface area contributed by atoms with E-state index in [9.17, 15) is 19.7 Å². The minimum atomic E-state index is -0.573. The Labute approximate surface area is 136 Å². The summed E-state index contributed by atoms with van der Waals surface area (Å²) in [6.45, 7) is 1.27. The summed E-state index contributed by atoms with van der Waals surface area (Å²) in [5, 5.41) is 14.1. The van der Waals surface area contributed by atoms with Gasteiger partial charge in [-0.3, -0.25) is 19.7 Å². The second-order valence-electron chi connectivity index (χ2n) is 5.24. The van der Waals surface area contributed by atoms with E-state index in [0.29, 0.717) is 22.2 Å². The van der Waals surface area contributed by atoms with Gasteiger partial charge in [-0.1, -0.05) is 30.3 Å². The first-order chi connectivity index (χ1) is 11.5. The zero-order valence-corrected chi connectivity index (χ0v) is 12.7. The van der Waals surface area contributed by atoms with Gasteiger partial charge in [0.25, 0.3) is 5.69 Å². The van der Waals surface area contributed by atoms with Gasteiger partial charge in [0.15, 0.2) is 0 Å². The standard InChI is InChI=1S/C17H13N3O4/c1-10(21)18-16-12-9-14(17(22)11-5-3-2-4-6-11)19-13(12)7-8-15(16)20(23)24/h2-9,19H,1H3,(H,18,21). The summed E-state index contributed by atoms with van der Waals surface area (Å²) in [6, 6.07) is 13.0. The molecule has 0 radical (unpaired) electrons. The van der Waals surface area contributed by atoms with Gasteiger partial charge in [-0.05, 0) is 12.1 Å². The van der Waals surface area contributed by atoms with Crippen molar-refractivity contribution in [2.45, 2.75) is 6.92 Å². The van der Waals surface area contributed by atoms with E-state index in [0.717, 1.165) is 0 Å².